The number of anilines is 2. The predicted molar refractivity (Wildman–Crippen MR) is 204 cm³/mol. The molecule has 2 amide bonds. The molecule has 0 aliphatic carbocycles. The molecule has 0 radical (unpaired) electrons. The number of nitrogens with zero attached hydrogens (tertiary/aromatic N) is 2. The molecule has 0 aromatic heterocycles. The molecule has 0 saturated heterocycles. The van der Waals surface area contributed by atoms with Gasteiger partial charge < -0.3 is 14.8 Å². The zero-order valence-corrected chi connectivity index (χ0v) is 31.1. The fourth-order valence-corrected chi connectivity index (χ4v) is 5.94. The molecule has 1 heterocycles. The van der Waals surface area contributed by atoms with Gasteiger partial charge in [0.15, 0.2) is 6.10 Å². The molecule has 4 aromatic carbocycles. The molecule has 262 valence electrons. The van der Waals surface area contributed by atoms with Crippen LogP contribution in [0.2, 0.25) is 5.02 Å². The molecule has 0 fully saturated rings. The Labute approximate surface area is 301 Å². The minimum atomic E-state index is -0.996. The second kappa shape index (κ2) is 15.1. The van der Waals surface area contributed by atoms with E-state index in [1.54, 1.807) is 30.3 Å². The minimum absolute atomic E-state index is 0.0288. The number of halogens is 1. The number of hydrogen-bond acceptors (Lipinski definition) is 5. The summed E-state index contributed by atoms with van der Waals surface area (Å²) in [6.07, 6.45) is 0.734. The fourth-order valence-electron chi connectivity index (χ4n) is 5.71. The summed E-state index contributed by atoms with van der Waals surface area (Å²) >= 11 is 6.54. The number of amides is 2. The SMILES string of the molecule is CCC(Oc1ccc(C(C)(C)CC)cc1C(C)(C)CC)C(=O)Nc1ccc(N2N=C(c3ccccc3Cl)C(Oc3ccc(C)cc3)C2=O)cc1. The number of carbonyl (C=O) groups is 2. The number of rotatable bonds is 13. The third-order valence-electron chi connectivity index (χ3n) is 9.88. The maximum Gasteiger partial charge on any atom is 0.294 e. The van der Waals surface area contributed by atoms with Crippen molar-refractivity contribution in [3.8, 4) is 11.5 Å². The summed E-state index contributed by atoms with van der Waals surface area (Å²) in [5, 5.41) is 9.48. The predicted octanol–water partition coefficient (Wildman–Crippen LogP) is 10.0. The summed E-state index contributed by atoms with van der Waals surface area (Å²) in [4.78, 5) is 27.4. The van der Waals surface area contributed by atoms with Crippen molar-refractivity contribution in [3.63, 3.8) is 0 Å². The maximum atomic E-state index is 13.8. The molecule has 5 rings (SSSR count). The van der Waals surface area contributed by atoms with Crippen molar-refractivity contribution in [3.05, 3.63) is 118 Å². The van der Waals surface area contributed by atoms with Gasteiger partial charge in [-0.25, -0.2) is 0 Å². The quantitative estimate of drug-likeness (QED) is 0.151. The topological polar surface area (TPSA) is 80.2 Å². The molecular weight excluding hydrogens is 646 g/mol. The molecule has 1 aliphatic heterocycles. The molecule has 0 saturated carbocycles. The first kappa shape index (κ1) is 36.7. The lowest BCUT2D eigenvalue weighted by Gasteiger charge is -2.31. The summed E-state index contributed by atoms with van der Waals surface area (Å²) in [6, 6.07) is 28.1. The zero-order valence-electron chi connectivity index (χ0n) is 30.3. The highest BCUT2D eigenvalue weighted by Gasteiger charge is 2.40. The third kappa shape index (κ3) is 7.89. The second-order valence-corrected chi connectivity index (χ2v) is 14.6. The third-order valence-corrected chi connectivity index (χ3v) is 10.2. The van der Waals surface area contributed by atoms with Gasteiger partial charge in [-0.1, -0.05) is 108 Å². The van der Waals surface area contributed by atoms with Crippen LogP contribution in [0, 0.1) is 6.92 Å². The number of carbonyl (C=O) groups excluding carboxylic acids is 2. The zero-order chi connectivity index (χ0) is 36.2. The molecule has 0 bridgehead atoms. The van der Waals surface area contributed by atoms with Crippen LogP contribution in [-0.4, -0.2) is 29.7 Å². The van der Waals surface area contributed by atoms with E-state index in [2.05, 4.69) is 64.1 Å². The molecule has 1 aliphatic rings. The van der Waals surface area contributed by atoms with E-state index in [1.165, 1.54) is 10.6 Å². The van der Waals surface area contributed by atoms with Gasteiger partial charge in [-0.05, 0) is 91.1 Å². The van der Waals surface area contributed by atoms with Crippen LogP contribution in [0.5, 0.6) is 11.5 Å². The first-order valence-electron chi connectivity index (χ1n) is 17.4. The lowest BCUT2D eigenvalue weighted by atomic mass is 9.76. The summed E-state index contributed by atoms with van der Waals surface area (Å²) in [5.74, 6) is 0.677. The molecular formula is C42H48ClN3O4. The lowest BCUT2D eigenvalue weighted by Crippen LogP contribution is -2.37. The Hall–Kier alpha value is -4.62. The Morgan fingerprint density at radius 1 is 0.900 bits per heavy atom. The molecule has 50 heavy (non-hydrogen) atoms. The van der Waals surface area contributed by atoms with Crippen molar-refractivity contribution in [1.29, 1.82) is 0 Å². The molecule has 7 nitrogen and oxygen atoms in total. The van der Waals surface area contributed by atoms with Gasteiger partial charge in [0.25, 0.3) is 11.8 Å². The van der Waals surface area contributed by atoms with E-state index in [1.807, 2.05) is 62.4 Å². The molecule has 2 atom stereocenters. The van der Waals surface area contributed by atoms with Gasteiger partial charge in [-0.15, -0.1) is 0 Å². The van der Waals surface area contributed by atoms with Crippen LogP contribution in [0.1, 0.15) is 90.0 Å². The Bertz CT molecular complexity index is 1870. The van der Waals surface area contributed by atoms with Gasteiger partial charge in [0, 0.05) is 21.8 Å². The lowest BCUT2D eigenvalue weighted by molar-refractivity contribution is -0.123. The molecule has 0 spiro atoms. The van der Waals surface area contributed by atoms with E-state index < -0.39 is 12.2 Å². The second-order valence-electron chi connectivity index (χ2n) is 14.2. The van der Waals surface area contributed by atoms with Crippen LogP contribution in [-0.2, 0) is 20.4 Å². The first-order valence-corrected chi connectivity index (χ1v) is 17.8. The van der Waals surface area contributed by atoms with Crippen molar-refractivity contribution in [2.24, 2.45) is 5.10 Å². The summed E-state index contributed by atoms with van der Waals surface area (Å²) in [5.41, 5.74) is 5.47. The highest BCUT2D eigenvalue weighted by Crippen LogP contribution is 2.39. The fraction of sp³-hybridized carbons (Fsp3) is 0.357. The van der Waals surface area contributed by atoms with E-state index >= 15 is 0 Å². The van der Waals surface area contributed by atoms with Crippen LogP contribution in [0.15, 0.2) is 96.1 Å². The van der Waals surface area contributed by atoms with Crippen LogP contribution in [0.4, 0.5) is 11.4 Å². The van der Waals surface area contributed by atoms with Gasteiger partial charge in [0.05, 0.1) is 5.69 Å². The number of hydrogen-bond donors (Lipinski definition) is 1. The standard InChI is InChI=1S/C42H48ClN3O4/c1-9-35(50-36-25-18-28(41(5,6)10-2)26-33(36)42(7,8)11-3)39(47)44-29-19-21-30(22-20-29)46-40(48)38(49-31-23-16-27(4)17-24-31)37(45-46)32-14-12-13-15-34(32)43/h12-26,35,38H,9-11H2,1-8H3,(H,44,47). The average Bonchev–Trinajstić information content (AvgIpc) is 3.43. The monoisotopic (exact) mass is 693 g/mol. The molecule has 1 N–H and O–H groups in total. The normalized spacial score (nSPS) is 15.5. The Morgan fingerprint density at radius 2 is 1.56 bits per heavy atom. The van der Waals surface area contributed by atoms with Crippen LogP contribution < -0.4 is 19.8 Å². The van der Waals surface area contributed by atoms with Crippen LogP contribution in [0.3, 0.4) is 0 Å². The number of hydrazone groups is 1. The van der Waals surface area contributed by atoms with E-state index in [-0.39, 0.29) is 22.6 Å². The van der Waals surface area contributed by atoms with Crippen molar-refractivity contribution in [1.82, 2.24) is 0 Å². The van der Waals surface area contributed by atoms with Crippen molar-refractivity contribution in [2.75, 3.05) is 10.3 Å². The minimum Gasteiger partial charge on any atom is -0.480 e. The summed E-state index contributed by atoms with van der Waals surface area (Å²) in [7, 11) is 0. The van der Waals surface area contributed by atoms with Crippen molar-refractivity contribution in [2.45, 2.75) is 97.7 Å². The van der Waals surface area contributed by atoms with Gasteiger partial charge in [0.2, 0.25) is 6.10 Å². The van der Waals surface area contributed by atoms with E-state index in [9.17, 15) is 9.59 Å². The summed E-state index contributed by atoms with van der Waals surface area (Å²) < 4.78 is 12.7. The highest BCUT2D eigenvalue weighted by molar-refractivity contribution is 6.36. The molecule has 4 aromatic rings. The Balaban J connectivity index is 1.35. The Kier molecular flexibility index (Phi) is 11.1. The van der Waals surface area contributed by atoms with E-state index in [4.69, 9.17) is 21.1 Å². The van der Waals surface area contributed by atoms with E-state index in [0.717, 1.165) is 29.7 Å². The molecule has 8 heteroatoms. The van der Waals surface area contributed by atoms with Gasteiger partial charge >= 0.3 is 0 Å². The number of nitrogens with one attached hydrogen (secondary N) is 1. The maximum absolute atomic E-state index is 13.8. The highest BCUT2D eigenvalue weighted by atomic mass is 35.5. The smallest absolute Gasteiger partial charge is 0.294 e. The number of ether oxygens (including phenoxy) is 2. The van der Waals surface area contributed by atoms with Gasteiger partial charge in [0.1, 0.15) is 17.2 Å². The number of aryl methyl sites for hydroxylation is 1. The largest absolute Gasteiger partial charge is 0.480 e. The number of benzene rings is 4. The van der Waals surface area contributed by atoms with Crippen molar-refractivity contribution >= 4 is 40.5 Å². The summed E-state index contributed by atoms with van der Waals surface area (Å²) in [6.45, 7) is 17.2. The Morgan fingerprint density at radius 3 is 2.18 bits per heavy atom. The van der Waals surface area contributed by atoms with Gasteiger partial charge in [-0.2, -0.15) is 10.1 Å². The van der Waals surface area contributed by atoms with Crippen LogP contribution in [0.25, 0.3) is 0 Å². The average molecular weight is 694 g/mol. The van der Waals surface area contributed by atoms with E-state index in [0.29, 0.717) is 39.8 Å². The first-order chi connectivity index (χ1) is 23.8. The van der Waals surface area contributed by atoms with Gasteiger partial charge in [-0.3, -0.25) is 9.59 Å². The van der Waals surface area contributed by atoms with Crippen LogP contribution >= 0.6 is 11.6 Å². The molecule has 2 unspecified atom stereocenters. The van der Waals surface area contributed by atoms with Crippen molar-refractivity contribution < 1.29 is 19.1 Å².